The number of carbonyl (C=O) groups is 1. The Kier molecular flexibility index (Phi) is 4.34. The lowest BCUT2D eigenvalue weighted by molar-refractivity contribution is -0.146. The quantitative estimate of drug-likeness (QED) is 0.507. The van der Waals surface area contributed by atoms with Gasteiger partial charge in [0.2, 0.25) is 0 Å². The number of aromatic nitrogens is 2. The molecule has 6 heteroatoms. The SMILES string of the molecule is COC(=O)C(N)(CSc1nc(C)c(C)c(C)n1)C1CC1. The average molecular weight is 295 g/mol. The largest absolute Gasteiger partial charge is 0.468 e. The topological polar surface area (TPSA) is 78.1 Å². The van der Waals surface area contributed by atoms with Crippen molar-refractivity contribution in [3.8, 4) is 0 Å². The molecule has 0 aliphatic heterocycles. The van der Waals surface area contributed by atoms with Gasteiger partial charge in [0.05, 0.1) is 7.11 Å². The van der Waals surface area contributed by atoms with Crippen molar-refractivity contribution < 1.29 is 9.53 Å². The summed E-state index contributed by atoms with van der Waals surface area (Å²) in [6.45, 7) is 5.93. The highest BCUT2D eigenvalue weighted by molar-refractivity contribution is 7.99. The lowest BCUT2D eigenvalue weighted by Crippen LogP contribution is -2.53. The van der Waals surface area contributed by atoms with Gasteiger partial charge in [-0.3, -0.25) is 4.79 Å². The molecular formula is C14H21N3O2S. The number of hydrogen-bond acceptors (Lipinski definition) is 6. The van der Waals surface area contributed by atoms with E-state index in [2.05, 4.69) is 9.97 Å². The molecule has 2 rings (SSSR count). The number of hydrogen-bond donors (Lipinski definition) is 1. The van der Waals surface area contributed by atoms with Gasteiger partial charge < -0.3 is 10.5 Å². The lowest BCUT2D eigenvalue weighted by Gasteiger charge is -2.25. The Morgan fingerprint density at radius 1 is 1.35 bits per heavy atom. The predicted molar refractivity (Wildman–Crippen MR) is 78.6 cm³/mol. The first-order chi connectivity index (χ1) is 9.38. The minimum Gasteiger partial charge on any atom is -0.468 e. The van der Waals surface area contributed by atoms with E-state index >= 15 is 0 Å². The average Bonchev–Trinajstić information content (AvgIpc) is 3.25. The molecule has 0 bridgehead atoms. The van der Waals surface area contributed by atoms with Crippen LogP contribution >= 0.6 is 11.8 Å². The number of ether oxygens (including phenoxy) is 1. The third kappa shape index (κ3) is 2.96. The molecule has 0 saturated heterocycles. The summed E-state index contributed by atoms with van der Waals surface area (Å²) >= 11 is 1.43. The van der Waals surface area contributed by atoms with Crippen LogP contribution in [0.1, 0.15) is 29.8 Å². The van der Waals surface area contributed by atoms with Gasteiger partial charge in [0.15, 0.2) is 5.16 Å². The van der Waals surface area contributed by atoms with E-state index in [1.807, 2.05) is 20.8 Å². The molecule has 20 heavy (non-hydrogen) atoms. The molecule has 1 fully saturated rings. The molecule has 1 aromatic heterocycles. The smallest absolute Gasteiger partial charge is 0.327 e. The van der Waals surface area contributed by atoms with Gasteiger partial charge in [0.25, 0.3) is 0 Å². The number of thioether (sulfide) groups is 1. The number of nitrogens with two attached hydrogens (primary N) is 1. The van der Waals surface area contributed by atoms with Crippen molar-refractivity contribution in [3.05, 3.63) is 17.0 Å². The first kappa shape index (κ1) is 15.3. The van der Waals surface area contributed by atoms with Crippen molar-refractivity contribution in [2.75, 3.05) is 12.9 Å². The Bertz CT molecular complexity index is 508. The minimum atomic E-state index is -0.921. The highest BCUT2D eigenvalue weighted by Gasteiger charge is 2.49. The second kappa shape index (κ2) is 5.69. The molecule has 1 aromatic rings. The summed E-state index contributed by atoms with van der Waals surface area (Å²) in [6.07, 6.45) is 1.97. The molecule has 1 atom stereocenters. The van der Waals surface area contributed by atoms with E-state index in [-0.39, 0.29) is 11.9 Å². The second-order valence-electron chi connectivity index (χ2n) is 5.40. The Labute approximate surface area is 123 Å². The van der Waals surface area contributed by atoms with E-state index in [9.17, 15) is 4.79 Å². The van der Waals surface area contributed by atoms with E-state index in [1.165, 1.54) is 18.9 Å². The number of esters is 1. The van der Waals surface area contributed by atoms with Gasteiger partial charge in [-0.1, -0.05) is 11.8 Å². The van der Waals surface area contributed by atoms with Crippen molar-refractivity contribution in [1.82, 2.24) is 9.97 Å². The zero-order valence-electron chi connectivity index (χ0n) is 12.4. The van der Waals surface area contributed by atoms with E-state index in [0.29, 0.717) is 10.9 Å². The molecule has 2 N–H and O–H groups in total. The molecule has 1 aliphatic carbocycles. The van der Waals surface area contributed by atoms with Crippen LogP contribution in [0, 0.1) is 26.7 Å². The summed E-state index contributed by atoms with van der Waals surface area (Å²) < 4.78 is 4.85. The van der Waals surface area contributed by atoms with Crippen molar-refractivity contribution in [2.24, 2.45) is 11.7 Å². The van der Waals surface area contributed by atoms with E-state index in [1.54, 1.807) is 0 Å². The van der Waals surface area contributed by atoms with Crippen molar-refractivity contribution >= 4 is 17.7 Å². The van der Waals surface area contributed by atoms with Crippen molar-refractivity contribution in [1.29, 1.82) is 0 Å². The maximum absolute atomic E-state index is 11.9. The second-order valence-corrected chi connectivity index (χ2v) is 6.34. The molecule has 0 radical (unpaired) electrons. The van der Waals surface area contributed by atoms with Gasteiger partial charge in [-0.2, -0.15) is 0 Å². The number of nitrogens with zero attached hydrogens (tertiary/aromatic N) is 2. The van der Waals surface area contributed by atoms with Gasteiger partial charge >= 0.3 is 5.97 Å². The van der Waals surface area contributed by atoms with Gasteiger partial charge in [-0.05, 0) is 45.1 Å². The van der Waals surface area contributed by atoms with E-state index in [0.717, 1.165) is 29.8 Å². The summed E-state index contributed by atoms with van der Waals surface area (Å²) in [5.74, 6) is 0.329. The van der Waals surface area contributed by atoms with Crippen LogP contribution in [-0.2, 0) is 9.53 Å². The fourth-order valence-corrected chi connectivity index (χ4v) is 3.25. The van der Waals surface area contributed by atoms with Crippen LogP contribution in [0.25, 0.3) is 0 Å². The van der Waals surface area contributed by atoms with E-state index < -0.39 is 5.54 Å². The van der Waals surface area contributed by atoms with Crippen LogP contribution < -0.4 is 5.73 Å². The number of aryl methyl sites for hydroxylation is 2. The minimum absolute atomic E-state index is 0.218. The van der Waals surface area contributed by atoms with Gasteiger partial charge in [0, 0.05) is 17.1 Å². The maximum atomic E-state index is 11.9. The molecule has 1 unspecified atom stereocenters. The van der Waals surface area contributed by atoms with Crippen LogP contribution in [0.15, 0.2) is 5.16 Å². The highest BCUT2D eigenvalue weighted by atomic mass is 32.2. The highest BCUT2D eigenvalue weighted by Crippen LogP contribution is 2.41. The zero-order valence-corrected chi connectivity index (χ0v) is 13.2. The number of methoxy groups -OCH3 is 1. The van der Waals surface area contributed by atoms with Gasteiger partial charge in [0.1, 0.15) is 5.54 Å². The molecule has 0 spiro atoms. The summed E-state index contributed by atoms with van der Waals surface area (Å²) in [4.78, 5) is 20.8. The third-order valence-corrected chi connectivity index (χ3v) is 4.99. The fraction of sp³-hybridized carbons (Fsp3) is 0.643. The first-order valence-electron chi connectivity index (χ1n) is 6.70. The monoisotopic (exact) mass is 295 g/mol. The van der Waals surface area contributed by atoms with Crippen LogP contribution in [0.4, 0.5) is 0 Å². The normalized spacial score (nSPS) is 17.6. The molecule has 110 valence electrons. The summed E-state index contributed by atoms with van der Waals surface area (Å²) in [5.41, 5.74) is 8.37. The van der Waals surface area contributed by atoms with Crippen LogP contribution in [0.5, 0.6) is 0 Å². The van der Waals surface area contributed by atoms with Crippen molar-refractivity contribution in [2.45, 2.75) is 44.3 Å². The number of carbonyl (C=O) groups excluding carboxylic acids is 1. The molecule has 0 aromatic carbocycles. The van der Waals surface area contributed by atoms with Crippen LogP contribution in [0.2, 0.25) is 0 Å². The predicted octanol–water partition coefficient (Wildman–Crippen LogP) is 1.77. The molecule has 1 saturated carbocycles. The molecule has 0 amide bonds. The Hall–Kier alpha value is -1.14. The third-order valence-electron chi connectivity index (χ3n) is 3.92. The van der Waals surface area contributed by atoms with Crippen LogP contribution in [-0.4, -0.2) is 34.3 Å². The lowest BCUT2D eigenvalue weighted by atomic mass is 9.97. The molecule has 1 heterocycles. The summed E-state index contributed by atoms with van der Waals surface area (Å²) in [7, 11) is 1.38. The van der Waals surface area contributed by atoms with Crippen LogP contribution in [0.3, 0.4) is 0 Å². The van der Waals surface area contributed by atoms with Gasteiger partial charge in [-0.15, -0.1) is 0 Å². The Morgan fingerprint density at radius 3 is 2.35 bits per heavy atom. The summed E-state index contributed by atoms with van der Waals surface area (Å²) in [5, 5.41) is 0.671. The van der Waals surface area contributed by atoms with Crippen molar-refractivity contribution in [3.63, 3.8) is 0 Å². The summed E-state index contributed by atoms with van der Waals surface area (Å²) in [6, 6.07) is 0. The number of rotatable bonds is 5. The Morgan fingerprint density at radius 2 is 1.90 bits per heavy atom. The first-order valence-corrected chi connectivity index (χ1v) is 7.69. The fourth-order valence-electron chi connectivity index (χ4n) is 2.12. The van der Waals surface area contributed by atoms with E-state index in [4.69, 9.17) is 10.5 Å². The standard InChI is InChI=1S/C14H21N3O2S/c1-8-9(2)16-13(17-10(8)3)20-7-14(15,11-5-6-11)12(18)19-4/h11H,5-7,15H2,1-4H3. The Balaban J connectivity index is 2.12. The van der Waals surface area contributed by atoms with Gasteiger partial charge in [-0.25, -0.2) is 9.97 Å². The molecule has 1 aliphatic rings. The maximum Gasteiger partial charge on any atom is 0.327 e. The zero-order chi connectivity index (χ0) is 14.9. The molecule has 5 nitrogen and oxygen atoms in total. The molecular weight excluding hydrogens is 274 g/mol.